The molecule has 0 spiro atoms. The number of hydrogen-bond donors (Lipinski definition) is 3. The number of thiophene rings is 1. The number of nitrogens with two attached hydrogens (primary N) is 1. The van der Waals surface area contributed by atoms with E-state index in [1.807, 2.05) is 32.0 Å². The molecule has 0 aliphatic heterocycles. The van der Waals surface area contributed by atoms with Gasteiger partial charge in [-0.25, -0.2) is 4.79 Å². The number of hydrogen-bond acceptors (Lipinski definition) is 4. The topological polar surface area (TPSA) is 75.3 Å². The van der Waals surface area contributed by atoms with Gasteiger partial charge in [0, 0.05) is 4.88 Å². The Morgan fingerprint density at radius 1 is 1.42 bits per heavy atom. The quantitative estimate of drug-likeness (QED) is 0.745. The van der Waals surface area contributed by atoms with Gasteiger partial charge in [0.2, 0.25) is 0 Å². The molecule has 0 unspecified atom stereocenters. The van der Waals surface area contributed by atoms with Crippen molar-refractivity contribution >= 4 is 33.7 Å². The maximum Gasteiger partial charge on any atom is 0.338 e. The molecular formula is C14H16N2O2S. The summed E-state index contributed by atoms with van der Waals surface area (Å²) in [5.41, 5.74) is 8.61. The van der Waals surface area contributed by atoms with Gasteiger partial charge in [-0.2, -0.15) is 0 Å². The molecule has 0 aliphatic carbocycles. The van der Waals surface area contributed by atoms with E-state index in [1.165, 1.54) is 11.3 Å². The second-order valence-electron chi connectivity index (χ2n) is 4.33. The SMILES string of the molecule is CCc1cc(C(=O)O)c(Nc2cc(C)ccc2N)s1. The van der Waals surface area contributed by atoms with Gasteiger partial charge in [-0.05, 0) is 37.1 Å². The molecule has 19 heavy (non-hydrogen) atoms. The molecule has 0 bridgehead atoms. The summed E-state index contributed by atoms with van der Waals surface area (Å²) in [6.45, 7) is 3.97. The number of benzene rings is 1. The molecule has 0 fully saturated rings. The lowest BCUT2D eigenvalue weighted by Gasteiger charge is -2.09. The summed E-state index contributed by atoms with van der Waals surface area (Å²) < 4.78 is 0. The zero-order valence-corrected chi connectivity index (χ0v) is 11.7. The first-order chi connectivity index (χ1) is 9.01. The molecule has 1 aromatic heterocycles. The average molecular weight is 276 g/mol. The van der Waals surface area contributed by atoms with Crippen LogP contribution in [0.1, 0.15) is 27.7 Å². The Hall–Kier alpha value is -2.01. The van der Waals surface area contributed by atoms with Crippen molar-refractivity contribution in [2.24, 2.45) is 0 Å². The van der Waals surface area contributed by atoms with Crippen molar-refractivity contribution in [2.75, 3.05) is 11.1 Å². The Morgan fingerprint density at radius 2 is 2.16 bits per heavy atom. The zero-order chi connectivity index (χ0) is 14.0. The largest absolute Gasteiger partial charge is 0.478 e. The van der Waals surface area contributed by atoms with E-state index < -0.39 is 5.97 Å². The molecule has 1 heterocycles. The molecule has 100 valence electrons. The van der Waals surface area contributed by atoms with E-state index in [2.05, 4.69) is 5.32 Å². The first-order valence-corrected chi connectivity index (χ1v) is 6.82. The maximum absolute atomic E-state index is 11.2. The van der Waals surface area contributed by atoms with Gasteiger partial charge in [0.05, 0.1) is 16.9 Å². The molecule has 1 aromatic carbocycles. The predicted octanol–water partition coefficient (Wildman–Crippen LogP) is 3.64. The van der Waals surface area contributed by atoms with Gasteiger partial charge in [-0.15, -0.1) is 11.3 Å². The van der Waals surface area contributed by atoms with Crippen LogP contribution in [-0.2, 0) is 6.42 Å². The summed E-state index contributed by atoms with van der Waals surface area (Å²) in [5, 5.41) is 13.0. The average Bonchev–Trinajstić information content (AvgIpc) is 2.77. The Labute approximate surface area is 115 Å². The fraction of sp³-hybridized carbons (Fsp3) is 0.214. The molecule has 5 heteroatoms. The van der Waals surface area contributed by atoms with Crippen molar-refractivity contribution in [3.05, 3.63) is 40.3 Å². The van der Waals surface area contributed by atoms with Gasteiger partial charge in [0.1, 0.15) is 5.00 Å². The molecule has 4 nitrogen and oxygen atoms in total. The molecule has 2 aromatic rings. The van der Waals surface area contributed by atoms with Crippen molar-refractivity contribution < 1.29 is 9.90 Å². The van der Waals surface area contributed by atoms with Crippen molar-refractivity contribution in [3.63, 3.8) is 0 Å². The Kier molecular flexibility index (Phi) is 3.76. The van der Waals surface area contributed by atoms with E-state index in [9.17, 15) is 9.90 Å². The molecule has 0 saturated carbocycles. The third-order valence-corrected chi connectivity index (χ3v) is 4.01. The summed E-state index contributed by atoms with van der Waals surface area (Å²) in [6.07, 6.45) is 0.815. The van der Waals surface area contributed by atoms with E-state index in [4.69, 9.17) is 5.73 Å². The Bertz CT molecular complexity index is 620. The molecule has 0 amide bonds. The molecule has 2 rings (SSSR count). The smallest absolute Gasteiger partial charge is 0.338 e. The molecule has 0 atom stereocenters. The zero-order valence-electron chi connectivity index (χ0n) is 10.9. The van der Waals surface area contributed by atoms with E-state index in [1.54, 1.807) is 6.07 Å². The number of rotatable bonds is 4. The molecular weight excluding hydrogens is 260 g/mol. The normalized spacial score (nSPS) is 10.4. The summed E-state index contributed by atoms with van der Waals surface area (Å²) >= 11 is 1.45. The van der Waals surface area contributed by atoms with Crippen molar-refractivity contribution in [3.8, 4) is 0 Å². The summed E-state index contributed by atoms with van der Waals surface area (Å²) in [6, 6.07) is 7.35. The highest BCUT2D eigenvalue weighted by molar-refractivity contribution is 7.16. The van der Waals surface area contributed by atoms with Crippen LogP contribution in [0, 0.1) is 6.92 Å². The van der Waals surface area contributed by atoms with Gasteiger partial charge in [0.15, 0.2) is 0 Å². The minimum Gasteiger partial charge on any atom is -0.478 e. The first-order valence-electron chi connectivity index (χ1n) is 6.00. The van der Waals surface area contributed by atoms with E-state index in [-0.39, 0.29) is 0 Å². The van der Waals surface area contributed by atoms with Crippen molar-refractivity contribution in [1.82, 2.24) is 0 Å². The van der Waals surface area contributed by atoms with E-state index in [0.717, 1.165) is 22.5 Å². The Balaban J connectivity index is 2.39. The van der Waals surface area contributed by atoms with Crippen LogP contribution >= 0.6 is 11.3 Å². The lowest BCUT2D eigenvalue weighted by molar-refractivity contribution is 0.0698. The minimum absolute atomic E-state index is 0.294. The van der Waals surface area contributed by atoms with Gasteiger partial charge >= 0.3 is 5.97 Å². The fourth-order valence-electron chi connectivity index (χ4n) is 1.77. The van der Waals surface area contributed by atoms with Crippen LogP contribution in [-0.4, -0.2) is 11.1 Å². The number of carboxylic acids is 1. The third-order valence-electron chi connectivity index (χ3n) is 2.82. The number of carboxylic acid groups (broad SMARTS) is 1. The van der Waals surface area contributed by atoms with Crippen molar-refractivity contribution in [2.45, 2.75) is 20.3 Å². The second kappa shape index (κ2) is 5.32. The molecule has 4 N–H and O–H groups in total. The van der Waals surface area contributed by atoms with Crippen LogP contribution in [0.2, 0.25) is 0 Å². The summed E-state index contributed by atoms with van der Waals surface area (Å²) in [7, 11) is 0. The highest BCUT2D eigenvalue weighted by Gasteiger charge is 2.15. The van der Waals surface area contributed by atoms with Gasteiger partial charge in [0.25, 0.3) is 0 Å². The van der Waals surface area contributed by atoms with Crippen LogP contribution in [0.5, 0.6) is 0 Å². The van der Waals surface area contributed by atoms with Gasteiger partial charge in [-0.3, -0.25) is 0 Å². The van der Waals surface area contributed by atoms with Gasteiger partial charge in [-0.1, -0.05) is 13.0 Å². The summed E-state index contributed by atoms with van der Waals surface area (Å²) in [5.74, 6) is -0.926. The van der Waals surface area contributed by atoms with Crippen LogP contribution in [0.15, 0.2) is 24.3 Å². The van der Waals surface area contributed by atoms with Crippen molar-refractivity contribution in [1.29, 1.82) is 0 Å². The fourth-order valence-corrected chi connectivity index (χ4v) is 2.77. The van der Waals surface area contributed by atoms with Crippen LogP contribution in [0.25, 0.3) is 0 Å². The van der Waals surface area contributed by atoms with E-state index in [0.29, 0.717) is 16.3 Å². The number of anilines is 3. The number of nitrogens with one attached hydrogen (secondary N) is 1. The molecule has 0 radical (unpaired) electrons. The lowest BCUT2D eigenvalue weighted by atomic mass is 10.2. The second-order valence-corrected chi connectivity index (χ2v) is 5.47. The van der Waals surface area contributed by atoms with E-state index >= 15 is 0 Å². The summed E-state index contributed by atoms with van der Waals surface area (Å²) in [4.78, 5) is 12.3. The monoisotopic (exact) mass is 276 g/mol. The first kappa shape index (κ1) is 13.4. The van der Waals surface area contributed by atoms with Crippen LogP contribution in [0.4, 0.5) is 16.4 Å². The Morgan fingerprint density at radius 3 is 2.79 bits per heavy atom. The van der Waals surface area contributed by atoms with Gasteiger partial charge < -0.3 is 16.2 Å². The number of aromatic carboxylic acids is 1. The van der Waals surface area contributed by atoms with Crippen LogP contribution < -0.4 is 11.1 Å². The molecule has 0 saturated heterocycles. The third kappa shape index (κ3) is 2.88. The number of nitrogen functional groups attached to an aromatic ring is 1. The standard InChI is InChI=1S/C14H16N2O2S/c1-3-9-7-10(14(17)18)13(19-9)16-12-6-8(2)4-5-11(12)15/h4-7,16H,3,15H2,1-2H3,(H,17,18). The number of carbonyl (C=O) groups is 1. The lowest BCUT2D eigenvalue weighted by Crippen LogP contribution is -2.01. The number of aryl methyl sites for hydroxylation is 2. The molecule has 0 aliphatic rings. The van der Waals surface area contributed by atoms with Crippen LogP contribution in [0.3, 0.4) is 0 Å². The minimum atomic E-state index is -0.926. The highest BCUT2D eigenvalue weighted by atomic mass is 32.1. The maximum atomic E-state index is 11.2. The highest BCUT2D eigenvalue weighted by Crippen LogP contribution is 2.33. The predicted molar refractivity (Wildman–Crippen MR) is 79.5 cm³/mol.